The molecular weight excluding hydrogens is 502 g/mol. The van der Waals surface area contributed by atoms with E-state index in [1.165, 1.54) is 0 Å². The van der Waals surface area contributed by atoms with E-state index in [-0.39, 0.29) is 12.5 Å². The fraction of sp³-hybridized carbons (Fsp3) is 0.300. The Bertz CT molecular complexity index is 1390. The number of H-pyrrole nitrogens is 1. The van der Waals surface area contributed by atoms with Gasteiger partial charge in [-0.15, -0.1) is 0 Å². The number of carbonyl (C=O) groups is 1. The zero-order valence-electron chi connectivity index (χ0n) is 21.2. The number of para-hydroxylation sites is 1. The van der Waals surface area contributed by atoms with Crippen molar-refractivity contribution in [2.75, 3.05) is 13.2 Å². The summed E-state index contributed by atoms with van der Waals surface area (Å²) in [6, 6.07) is 22.9. The van der Waals surface area contributed by atoms with Crippen molar-refractivity contribution in [3.63, 3.8) is 0 Å². The van der Waals surface area contributed by atoms with Gasteiger partial charge in [-0.3, -0.25) is 9.63 Å². The van der Waals surface area contributed by atoms with Gasteiger partial charge in [0.2, 0.25) is 5.91 Å². The van der Waals surface area contributed by atoms with E-state index in [1.54, 1.807) is 12.0 Å². The number of aromatic amines is 1. The molecule has 1 saturated heterocycles. The van der Waals surface area contributed by atoms with Crippen LogP contribution in [0.15, 0.2) is 79.0 Å². The largest absolute Gasteiger partial charge is 0.396 e. The summed E-state index contributed by atoms with van der Waals surface area (Å²) in [6.07, 6.45) is 1.09. The molecule has 3 aromatic carbocycles. The number of benzene rings is 3. The van der Waals surface area contributed by atoms with Crippen LogP contribution in [0, 0.1) is 5.92 Å². The van der Waals surface area contributed by atoms with Gasteiger partial charge < -0.3 is 20.5 Å². The third-order valence-corrected chi connectivity index (χ3v) is 7.41. The molecule has 1 fully saturated rings. The predicted molar refractivity (Wildman–Crippen MR) is 148 cm³/mol. The Kier molecular flexibility index (Phi) is 8.12. The number of aliphatic hydroxyl groups excluding tert-OH is 2. The molecule has 1 aromatic heterocycles. The van der Waals surface area contributed by atoms with Crippen LogP contribution in [-0.4, -0.2) is 57.6 Å². The number of aromatic nitrogens is 1. The molecule has 8 heteroatoms. The number of hydroxylamine groups is 2. The van der Waals surface area contributed by atoms with Gasteiger partial charge in [0.1, 0.15) is 12.1 Å². The highest BCUT2D eigenvalue weighted by molar-refractivity contribution is 6.30. The predicted octanol–water partition coefficient (Wildman–Crippen LogP) is 4.32. The topological polar surface area (TPSA) is 97.8 Å². The highest BCUT2D eigenvalue weighted by Gasteiger charge is 2.48. The second-order valence-electron chi connectivity index (χ2n) is 9.78. The van der Waals surface area contributed by atoms with Crippen LogP contribution in [0.3, 0.4) is 0 Å². The van der Waals surface area contributed by atoms with E-state index in [0.29, 0.717) is 24.5 Å². The van der Waals surface area contributed by atoms with Crippen molar-refractivity contribution in [1.82, 2.24) is 15.4 Å². The van der Waals surface area contributed by atoms with Crippen LogP contribution in [-0.2, 0) is 22.6 Å². The molecule has 5 rings (SSSR count). The maximum absolute atomic E-state index is 13.4. The molecule has 0 aliphatic carbocycles. The van der Waals surface area contributed by atoms with Crippen molar-refractivity contribution in [1.29, 1.82) is 0 Å². The molecule has 0 spiro atoms. The average molecular weight is 534 g/mol. The monoisotopic (exact) mass is 533 g/mol. The second-order valence-corrected chi connectivity index (χ2v) is 10.2. The third kappa shape index (κ3) is 5.62. The van der Waals surface area contributed by atoms with Gasteiger partial charge in [0.25, 0.3) is 0 Å². The van der Waals surface area contributed by atoms with E-state index < -0.39 is 24.2 Å². The van der Waals surface area contributed by atoms with E-state index in [2.05, 4.69) is 16.4 Å². The summed E-state index contributed by atoms with van der Waals surface area (Å²) in [4.78, 5) is 22.8. The van der Waals surface area contributed by atoms with Crippen molar-refractivity contribution in [3.05, 3.63) is 95.1 Å². The normalized spacial score (nSPS) is 20.6. The second kappa shape index (κ2) is 11.7. The van der Waals surface area contributed by atoms with Gasteiger partial charge >= 0.3 is 0 Å². The van der Waals surface area contributed by atoms with E-state index in [4.69, 9.17) is 16.4 Å². The van der Waals surface area contributed by atoms with E-state index >= 15 is 0 Å². The number of aliphatic hydroxyl groups is 2. The summed E-state index contributed by atoms with van der Waals surface area (Å²) in [5.41, 5.74) is 5.17. The SMILES string of the molecule is C[C@H](O)[C@@H]1ON(Cc2cccc(-c3ccc(Cl)cc3)c2)[C@H](C(=O)NCCc2c[nH]c3ccccc23)[C@@H]1CO. The molecule has 4 atom stereocenters. The van der Waals surface area contributed by atoms with Gasteiger partial charge in [0.15, 0.2) is 0 Å². The molecule has 4 aromatic rings. The van der Waals surface area contributed by atoms with Crippen molar-refractivity contribution < 1.29 is 19.8 Å². The van der Waals surface area contributed by atoms with E-state index in [1.807, 2.05) is 72.9 Å². The number of halogens is 1. The smallest absolute Gasteiger partial charge is 0.240 e. The lowest BCUT2D eigenvalue weighted by molar-refractivity contribution is -0.192. The lowest BCUT2D eigenvalue weighted by Crippen LogP contribution is -2.48. The number of hydrogen-bond donors (Lipinski definition) is 4. The first-order chi connectivity index (χ1) is 18.4. The molecule has 7 nitrogen and oxygen atoms in total. The maximum atomic E-state index is 13.4. The minimum atomic E-state index is -0.848. The van der Waals surface area contributed by atoms with Crippen LogP contribution in [0.25, 0.3) is 22.0 Å². The standard InChI is InChI=1S/C30H32ClN3O4/c1-19(36)29-26(18-35)28(30(37)32-14-13-23-16-33-27-8-3-2-7-25(23)27)34(38-29)17-20-5-4-6-22(15-20)21-9-11-24(31)12-10-21/h2-12,15-16,19,26,28-29,33,35-36H,13-14,17-18H2,1H3,(H,32,37)/t19-,26-,28-,29-/m0/s1. The van der Waals surface area contributed by atoms with Crippen molar-refractivity contribution in [3.8, 4) is 11.1 Å². The Morgan fingerprint density at radius 2 is 1.89 bits per heavy atom. The first-order valence-corrected chi connectivity index (χ1v) is 13.2. The van der Waals surface area contributed by atoms with Gasteiger partial charge in [-0.25, -0.2) is 0 Å². The third-order valence-electron chi connectivity index (χ3n) is 7.16. The lowest BCUT2D eigenvalue weighted by atomic mass is 9.92. The lowest BCUT2D eigenvalue weighted by Gasteiger charge is -2.24. The van der Waals surface area contributed by atoms with Crippen LogP contribution in [0.4, 0.5) is 0 Å². The molecule has 1 amide bonds. The Labute approximate surface area is 227 Å². The first kappa shape index (κ1) is 26.4. The van der Waals surface area contributed by atoms with Crippen LogP contribution in [0.5, 0.6) is 0 Å². The fourth-order valence-electron chi connectivity index (χ4n) is 5.24. The van der Waals surface area contributed by atoms with Crippen LogP contribution >= 0.6 is 11.6 Å². The van der Waals surface area contributed by atoms with Gasteiger partial charge in [-0.1, -0.05) is 60.1 Å². The van der Waals surface area contributed by atoms with E-state index in [0.717, 1.165) is 33.2 Å². The van der Waals surface area contributed by atoms with Crippen LogP contribution in [0.1, 0.15) is 18.1 Å². The molecule has 0 saturated carbocycles. The molecular formula is C30H32ClN3O4. The number of amides is 1. The summed E-state index contributed by atoms with van der Waals surface area (Å²) >= 11 is 6.04. The quantitative estimate of drug-likeness (QED) is 0.257. The summed E-state index contributed by atoms with van der Waals surface area (Å²) in [5, 5.41) is 27.0. The number of carbonyl (C=O) groups excluding carboxylic acids is 1. The number of hydrogen-bond acceptors (Lipinski definition) is 5. The zero-order chi connectivity index (χ0) is 26.6. The molecule has 0 unspecified atom stereocenters. The molecule has 4 N–H and O–H groups in total. The van der Waals surface area contributed by atoms with Gasteiger partial charge in [-0.2, -0.15) is 5.06 Å². The minimum absolute atomic E-state index is 0.235. The summed E-state index contributed by atoms with van der Waals surface area (Å²) in [6.45, 7) is 2.09. The number of nitrogens with one attached hydrogen (secondary N) is 2. The van der Waals surface area contributed by atoms with Crippen LogP contribution in [0.2, 0.25) is 5.02 Å². The number of rotatable bonds is 9. The Morgan fingerprint density at radius 3 is 2.66 bits per heavy atom. The van der Waals surface area contributed by atoms with Crippen molar-refractivity contribution in [2.24, 2.45) is 5.92 Å². The molecule has 0 radical (unpaired) electrons. The molecule has 198 valence electrons. The fourth-order valence-corrected chi connectivity index (χ4v) is 5.36. The Morgan fingerprint density at radius 1 is 1.11 bits per heavy atom. The average Bonchev–Trinajstić information content (AvgIpc) is 3.50. The van der Waals surface area contributed by atoms with Crippen molar-refractivity contribution >= 4 is 28.4 Å². The molecule has 0 bridgehead atoms. The molecule has 1 aliphatic rings. The Balaban J connectivity index is 1.31. The van der Waals surface area contributed by atoms with Gasteiger partial charge in [0.05, 0.1) is 19.3 Å². The first-order valence-electron chi connectivity index (χ1n) is 12.8. The summed E-state index contributed by atoms with van der Waals surface area (Å²) < 4.78 is 0. The highest BCUT2D eigenvalue weighted by Crippen LogP contribution is 2.32. The van der Waals surface area contributed by atoms with E-state index in [9.17, 15) is 15.0 Å². The molecule has 1 aliphatic heterocycles. The summed E-state index contributed by atoms with van der Waals surface area (Å²) in [5.74, 6) is -0.802. The highest BCUT2D eigenvalue weighted by atomic mass is 35.5. The van der Waals surface area contributed by atoms with Gasteiger partial charge in [0, 0.05) is 34.6 Å². The number of nitrogens with zero attached hydrogens (tertiary/aromatic N) is 1. The Hall–Kier alpha value is -3.20. The molecule has 2 heterocycles. The maximum Gasteiger partial charge on any atom is 0.240 e. The minimum Gasteiger partial charge on any atom is -0.396 e. The van der Waals surface area contributed by atoms with Crippen LogP contribution < -0.4 is 5.32 Å². The zero-order valence-corrected chi connectivity index (χ0v) is 21.9. The molecule has 38 heavy (non-hydrogen) atoms. The van der Waals surface area contributed by atoms with Crippen molar-refractivity contribution in [2.45, 2.75) is 38.1 Å². The van der Waals surface area contributed by atoms with Gasteiger partial charge in [-0.05, 0) is 59.9 Å². The summed E-state index contributed by atoms with van der Waals surface area (Å²) in [7, 11) is 0. The number of fused-ring (bicyclic) bond motifs is 1.